The van der Waals surface area contributed by atoms with Crippen molar-refractivity contribution < 1.29 is 19.1 Å². The number of esters is 1. The fourth-order valence-electron chi connectivity index (χ4n) is 3.35. The molecule has 1 fully saturated rings. The minimum Gasteiger partial charge on any atom is -0.451 e. The van der Waals surface area contributed by atoms with Crippen LogP contribution in [0.25, 0.3) is 0 Å². The van der Waals surface area contributed by atoms with Gasteiger partial charge in [0, 0.05) is 18.7 Å². The van der Waals surface area contributed by atoms with Gasteiger partial charge in [0.2, 0.25) is 0 Å². The van der Waals surface area contributed by atoms with Crippen molar-refractivity contribution >= 4 is 17.8 Å². The van der Waals surface area contributed by atoms with E-state index in [9.17, 15) is 14.4 Å². The van der Waals surface area contributed by atoms with Gasteiger partial charge in [-0.05, 0) is 44.7 Å². The fraction of sp³-hybridized carbons (Fsp3) is 0.591. The van der Waals surface area contributed by atoms with Crippen molar-refractivity contribution in [2.45, 2.75) is 65.5 Å². The van der Waals surface area contributed by atoms with Crippen molar-refractivity contribution in [1.29, 1.82) is 0 Å². The Bertz CT molecular complexity index is 694. The smallest absolute Gasteiger partial charge is 0.329 e. The molecule has 154 valence electrons. The number of ether oxygens (including phenoxy) is 1. The first-order valence-corrected chi connectivity index (χ1v) is 10.2. The summed E-state index contributed by atoms with van der Waals surface area (Å²) in [6.45, 7) is 8.59. The largest absolute Gasteiger partial charge is 0.451 e. The fourth-order valence-corrected chi connectivity index (χ4v) is 3.35. The molecular formula is C22H32N2O4. The molecule has 1 aromatic rings. The summed E-state index contributed by atoms with van der Waals surface area (Å²) in [5.74, 6) is -1.23. The summed E-state index contributed by atoms with van der Waals surface area (Å²) in [6.07, 6.45) is 3.35. The molecule has 1 aliphatic heterocycles. The maximum absolute atomic E-state index is 12.7. The Morgan fingerprint density at radius 1 is 1.04 bits per heavy atom. The molecule has 6 heteroatoms. The molecule has 6 nitrogen and oxygen atoms in total. The lowest BCUT2D eigenvalue weighted by molar-refractivity contribution is -0.161. The molecule has 0 aliphatic carbocycles. The van der Waals surface area contributed by atoms with E-state index in [1.54, 1.807) is 30.0 Å². The van der Waals surface area contributed by atoms with Gasteiger partial charge in [0.15, 0.2) is 6.10 Å². The number of aryl methyl sites for hydroxylation is 1. The molecule has 28 heavy (non-hydrogen) atoms. The van der Waals surface area contributed by atoms with Gasteiger partial charge in [-0.1, -0.05) is 44.4 Å². The lowest BCUT2D eigenvalue weighted by Crippen LogP contribution is -2.48. The highest BCUT2D eigenvalue weighted by Gasteiger charge is 2.31. The number of hydrogen-bond acceptors (Lipinski definition) is 4. The second-order valence-electron chi connectivity index (χ2n) is 7.88. The van der Waals surface area contributed by atoms with Crippen LogP contribution in [0.5, 0.6) is 0 Å². The molecule has 0 spiro atoms. The van der Waals surface area contributed by atoms with Crippen LogP contribution in [0.1, 0.15) is 62.4 Å². The second-order valence-corrected chi connectivity index (χ2v) is 7.88. The number of nitrogens with zero attached hydrogens (tertiary/aromatic N) is 1. The van der Waals surface area contributed by atoms with Gasteiger partial charge in [-0.3, -0.25) is 9.59 Å². The van der Waals surface area contributed by atoms with Crippen molar-refractivity contribution in [3.8, 4) is 0 Å². The van der Waals surface area contributed by atoms with Crippen LogP contribution in [0.4, 0.5) is 0 Å². The molecule has 1 N–H and O–H groups in total. The summed E-state index contributed by atoms with van der Waals surface area (Å²) < 4.78 is 5.45. The maximum Gasteiger partial charge on any atom is 0.329 e. The number of carbonyl (C=O) groups is 3. The Labute approximate surface area is 167 Å². The molecule has 0 aromatic heterocycles. The molecule has 1 heterocycles. The highest BCUT2D eigenvalue weighted by molar-refractivity contribution is 5.97. The SMILES string of the molecule is Cc1cccc(C(=O)N[C@H](C(=O)OC(C)C(=O)N2CCCCCC2)C(C)C)c1. The summed E-state index contributed by atoms with van der Waals surface area (Å²) in [4.78, 5) is 39.6. The molecule has 1 saturated heterocycles. The summed E-state index contributed by atoms with van der Waals surface area (Å²) >= 11 is 0. The summed E-state index contributed by atoms with van der Waals surface area (Å²) in [6, 6.07) is 6.36. The zero-order valence-corrected chi connectivity index (χ0v) is 17.4. The van der Waals surface area contributed by atoms with Crippen LogP contribution in [0.15, 0.2) is 24.3 Å². The van der Waals surface area contributed by atoms with Crippen LogP contribution in [0, 0.1) is 12.8 Å². The number of rotatable bonds is 6. The first-order chi connectivity index (χ1) is 13.3. The number of nitrogens with one attached hydrogen (secondary N) is 1. The lowest BCUT2D eigenvalue weighted by atomic mass is 10.0. The van der Waals surface area contributed by atoms with Crippen molar-refractivity contribution in [1.82, 2.24) is 10.2 Å². The van der Waals surface area contributed by atoms with E-state index in [1.165, 1.54) is 0 Å². The minimum atomic E-state index is -0.859. The number of carbonyl (C=O) groups excluding carboxylic acids is 3. The molecule has 2 amide bonds. The van der Waals surface area contributed by atoms with E-state index < -0.39 is 18.1 Å². The average molecular weight is 389 g/mol. The van der Waals surface area contributed by atoms with Crippen LogP contribution in [0.2, 0.25) is 0 Å². The highest BCUT2D eigenvalue weighted by atomic mass is 16.5. The van der Waals surface area contributed by atoms with E-state index in [0.717, 1.165) is 31.2 Å². The van der Waals surface area contributed by atoms with Gasteiger partial charge in [0.25, 0.3) is 11.8 Å². The first-order valence-electron chi connectivity index (χ1n) is 10.2. The molecule has 2 rings (SSSR count). The van der Waals surface area contributed by atoms with Gasteiger partial charge < -0.3 is 15.0 Å². The third-order valence-corrected chi connectivity index (χ3v) is 5.05. The molecule has 2 atom stereocenters. The third-order valence-electron chi connectivity index (χ3n) is 5.05. The number of amides is 2. The minimum absolute atomic E-state index is 0.164. The maximum atomic E-state index is 12.7. The highest BCUT2D eigenvalue weighted by Crippen LogP contribution is 2.14. The Morgan fingerprint density at radius 3 is 2.25 bits per heavy atom. The van der Waals surface area contributed by atoms with E-state index in [0.29, 0.717) is 18.7 Å². The van der Waals surface area contributed by atoms with E-state index in [2.05, 4.69) is 5.32 Å². The van der Waals surface area contributed by atoms with E-state index in [1.807, 2.05) is 26.8 Å². The molecule has 0 radical (unpaired) electrons. The monoisotopic (exact) mass is 388 g/mol. The Morgan fingerprint density at radius 2 is 1.68 bits per heavy atom. The van der Waals surface area contributed by atoms with Crippen molar-refractivity contribution in [2.75, 3.05) is 13.1 Å². The van der Waals surface area contributed by atoms with E-state index >= 15 is 0 Å². The van der Waals surface area contributed by atoms with Gasteiger partial charge >= 0.3 is 5.97 Å². The number of likely N-dealkylation sites (tertiary alicyclic amines) is 1. The first kappa shape index (κ1) is 21.9. The molecule has 1 aromatic carbocycles. The molecule has 0 bridgehead atoms. The molecular weight excluding hydrogens is 356 g/mol. The molecule has 0 saturated carbocycles. The second kappa shape index (κ2) is 10.2. The lowest BCUT2D eigenvalue weighted by Gasteiger charge is -2.26. The summed E-state index contributed by atoms with van der Waals surface area (Å²) in [7, 11) is 0. The normalized spacial score (nSPS) is 16.8. The Kier molecular flexibility index (Phi) is 8.03. The van der Waals surface area contributed by atoms with Crippen LogP contribution < -0.4 is 5.32 Å². The van der Waals surface area contributed by atoms with E-state index in [-0.39, 0.29) is 17.7 Å². The zero-order chi connectivity index (χ0) is 20.7. The predicted octanol–water partition coefficient (Wildman–Crippen LogP) is 3.08. The van der Waals surface area contributed by atoms with Crippen LogP contribution >= 0.6 is 0 Å². The van der Waals surface area contributed by atoms with Crippen molar-refractivity contribution in [3.63, 3.8) is 0 Å². The molecule has 1 aliphatic rings. The van der Waals surface area contributed by atoms with Crippen molar-refractivity contribution in [2.24, 2.45) is 5.92 Å². The number of hydrogen-bond donors (Lipinski definition) is 1. The van der Waals surface area contributed by atoms with Crippen LogP contribution in [-0.4, -0.2) is 47.9 Å². The quantitative estimate of drug-likeness (QED) is 0.760. The average Bonchev–Trinajstić information content (AvgIpc) is 2.94. The van der Waals surface area contributed by atoms with Gasteiger partial charge in [0.1, 0.15) is 6.04 Å². The van der Waals surface area contributed by atoms with Crippen molar-refractivity contribution in [3.05, 3.63) is 35.4 Å². The Balaban J connectivity index is 1.99. The van der Waals surface area contributed by atoms with Gasteiger partial charge in [-0.2, -0.15) is 0 Å². The van der Waals surface area contributed by atoms with Gasteiger partial charge in [0.05, 0.1) is 0 Å². The summed E-state index contributed by atoms with van der Waals surface area (Å²) in [5.41, 5.74) is 1.46. The van der Waals surface area contributed by atoms with E-state index in [4.69, 9.17) is 4.74 Å². The molecule has 1 unspecified atom stereocenters. The number of benzene rings is 1. The van der Waals surface area contributed by atoms with Gasteiger partial charge in [-0.25, -0.2) is 4.79 Å². The zero-order valence-electron chi connectivity index (χ0n) is 17.4. The topological polar surface area (TPSA) is 75.7 Å². The summed E-state index contributed by atoms with van der Waals surface area (Å²) in [5, 5.41) is 2.76. The van der Waals surface area contributed by atoms with Crippen LogP contribution in [0.3, 0.4) is 0 Å². The van der Waals surface area contributed by atoms with Crippen LogP contribution in [-0.2, 0) is 14.3 Å². The van der Waals surface area contributed by atoms with Gasteiger partial charge in [-0.15, -0.1) is 0 Å². The predicted molar refractivity (Wildman–Crippen MR) is 108 cm³/mol. The third kappa shape index (κ3) is 6.08. The standard InChI is InChI=1S/C22H32N2O4/c1-15(2)19(23-20(25)18-11-9-10-16(3)14-18)22(27)28-17(4)21(26)24-12-7-5-6-8-13-24/h9-11,14-15,17,19H,5-8,12-13H2,1-4H3,(H,23,25)/t17?,19-/m0/s1. The Hall–Kier alpha value is -2.37.